The minimum absolute atomic E-state index is 0.0403. The Labute approximate surface area is 162 Å². The molecule has 0 unspecified atom stereocenters. The average molecular weight is 429 g/mol. The summed E-state index contributed by atoms with van der Waals surface area (Å²) in [6, 6.07) is 8.97. The number of anilines is 1. The average Bonchev–Trinajstić information content (AvgIpc) is 2.64. The molecule has 3 rings (SSSR count). The van der Waals surface area contributed by atoms with E-state index in [9.17, 15) is 26.0 Å². The third-order valence-electron chi connectivity index (χ3n) is 3.29. The van der Waals surface area contributed by atoms with Crippen LogP contribution in [0.1, 0.15) is 0 Å². The Balaban J connectivity index is 1.69. The Hall–Kier alpha value is -3.41. The van der Waals surface area contributed by atoms with Gasteiger partial charge in [0.2, 0.25) is 0 Å². The molecule has 0 aliphatic rings. The van der Waals surface area contributed by atoms with Crippen molar-refractivity contribution in [1.29, 1.82) is 0 Å². The number of rotatable bonds is 6. The molecule has 29 heavy (non-hydrogen) atoms. The molecule has 2 aromatic carbocycles. The number of sulfonamides is 1. The lowest BCUT2D eigenvalue weighted by atomic mass is 10.3. The van der Waals surface area contributed by atoms with Crippen LogP contribution in [0.3, 0.4) is 0 Å². The van der Waals surface area contributed by atoms with Crippen molar-refractivity contribution in [3.8, 4) is 17.5 Å². The van der Waals surface area contributed by atoms with Crippen molar-refractivity contribution in [1.82, 2.24) is 9.97 Å². The summed E-state index contributed by atoms with van der Waals surface area (Å²) in [6.45, 7) is 0. The summed E-state index contributed by atoms with van der Waals surface area (Å²) in [6.07, 6.45) is -2.72. The second-order valence-electron chi connectivity index (χ2n) is 5.41. The number of halogens is 4. The number of ether oxygens (including phenoxy) is 2. The number of hydrogen-bond donors (Lipinski definition) is 1. The molecule has 1 N–H and O–H groups in total. The summed E-state index contributed by atoms with van der Waals surface area (Å²) in [5.41, 5.74) is -0.0403. The molecule has 0 fully saturated rings. The van der Waals surface area contributed by atoms with E-state index in [-0.39, 0.29) is 22.3 Å². The van der Waals surface area contributed by atoms with Gasteiger partial charge in [-0.2, -0.15) is 0 Å². The number of benzene rings is 2. The summed E-state index contributed by atoms with van der Waals surface area (Å²) in [5, 5.41) is 0. The fraction of sp³-hybridized carbons (Fsp3) is 0.0588. The molecule has 1 heterocycles. The maximum atomic E-state index is 13.5. The van der Waals surface area contributed by atoms with Gasteiger partial charge >= 0.3 is 12.4 Å². The van der Waals surface area contributed by atoms with Gasteiger partial charge in [0.05, 0.1) is 23.0 Å². The summed E-state index contributed by atoms with van der Waals surface area (Å²) >= 11 is 0. The van der Waals surface area contributed by atoms with E-state index < -0.39 is 28.0 Å². The third-order valence-corrected chi connectivity index (χ3v) is 4.68. The third kappa shape index (κ3) is 5.54. The summed E-state index contributed by atoms with van der Waals surface area (Å²) in [7, 11) is -4.12. The standard InChI is InChI=1S/C17H11F4N3O4S/c18-14-3-1-2-4-15(14)27-16-22-9-11(10-23-16)24-29(25,26)13-7-5-12(6-8-13)28-17(19,20)21/h1-10,24H. The fourth-order valence-corrected chi connectivity index (χ4v) is 3.11. The first-order valence-corrected chi connectivity index (χ1v) is 9.24. The quantitative estimate of drug-likeness (QED) is 0.594. The first-order chi connectivity index (χ1) is 13.6. The molecule has 1 aromatic heterocycles. The Bertz CT molecular complexity index is 1090. The van der Waals surface area contributed by atoms with Crippen molar-refractivity contribution in [3.05, 3.63) is 66.7 Å². The number of aromatic nitrogens is 2. The molecule has 0 aliphatic carbocycles. The van der Waals surface area contributed by atoms with Crippen molar-refractivity contribution in [2.45, 2.75) is 11.3 Å². The van der Waals surface area contributed by atoms with Crippen LogP contribution in [0.25, 0.3) is 0 Å². The van der Waals surface area contributed by atoms with E-state index in [1.54, 1.807) is 6.07 Å². The van der Waals surface area contributed by atoms with Crippen LogP contribution in [0.5, 0.6) is 17.5 Å². The van der Waals surface area contributed by atoms with E-state index in [0.717, 1.165) is 36.7 Å². The minimum Gasteiger partial charge on any atom is -0.421 e. The van der Waals surface area contributed by atoms with E-state index in [4.69, 9.17) is 4.74 Å². The molecule has 12 heteroatoms. The maximum Gasteiger partial charge on any atom is 0.573 e. The molecular weight excluding hydrogens is 418 g/mol. The normalized spacial score (nSPS) is 11.7. The zero-order valence-corrected chi connectivity index (χ0v) is 15.0. The molecule has 0 radical (unpaired) electrons. The Morgan fingerprint density at radius 1 is 0.931 bits per heavy atom. The molecular formula is C17H11F4N3O4S. The number of nitrogens with zero attached hydrogens (tertiary/aromatic N) is 2. The maximum absolute atomic E-state index is 13.5. The summed E-state index contributed by atoms with van der Waals surface area (Å²) in [5.74, 6) is -1.30. The molecule has 0 saturated carbocycles. The van der Waals surface area contributed by atoms with Crippen LogP contribution in [-0.2, 0) is 10.0 Å². The van der Waals surface area contributed by atoms with Crippen LogP contribution < -0.4 is 14.2 Å². The number of para-hydroxylation sites is 1. The molecule has 0 saturated heterocycles. The van der Waals surface area contributed by atoms with Gasteiger partial charge in [0.25, 0.3) is 10.0 Å². The predicted molar refractivity (Wildman–Crippen MR) is 92.4 cm³/mol. The second kappa shape index (κ2) is 7.91. The molecule has 0 spiro atoms. The summed E-state index contributed by atoms with van der Waals surface area (Å²) < 4.78 is 85.6. The number of nitrogens with one attached hydrogen (secondary N) is 1. The van der Waals surface area contributed by atoms with Gasteiger partial charge in [-0.3, -0.25) is 4.72 Å². The zero-order valence-electron chi connectivity index (χ0n) is 14.2. The minimum atomic E-state index is -4.89. The van der Waals surface area contributed by atoms with E-state index in [2.05, 4.69) is 19.4 Å². The predicted octanol–water partition coefficient (Wildman–Crippen LogP) is 4.11. The first kappa shape index (κ1) is 20.3. The van der Waals surface area contributed by atoms with Crippen LogP contribution in [-0.4, -0.2) is 24.7 Å². The van der Waals surface area contributed by atoms with Crippen molar-refractivity contribution in [2.24, 2.45) is 0 Å². The highest BCUT2D eigenvalue weighted by Gasteiger charge is 2.31. The molecule has 0 amide bonds. The van der Waals surface area contributed by atoms with Gasteiger partial charge in [0.1, 0.15) is 5.75 Å². The van der Waals surface area contributed by atoms with Gasteiger partial charge in [-0.1, -0.05) is 12.1 Å². The van der Waals surface area contributed by atoms with Crippen molar-refractivity contribution >= 4 is 15.7 Å². The Morgan fingerprint density at radius 3 is 2.14 bits per heavy atom. The topological polar surface area (TPSA) is 90.4 Å². The van der Waals surface area contributed by atoms with Gasteiger partial charge in [-0.05, 0) is 36.4 Å². The van der Waals surface area contributed by atoms with Gasteiger partial charge in [0, 0.05) is 0 Å². The SMILES string of the molecule is O=S(=O)(Nc1cnc(Oc2ccccc2F)nc1)c1ccc(OC(F)(F)F)cc1. The summed E-state index contributed by atoms with van der Waals surface area (Å²) in [4.78, 5) is 7.24. The van der Waals surface area contributed by atoms with E-state index in [1.807, 2.05) is 0 Å². The van der Waals surface area contributed by atoms with Gasteiger partial charge in [-0.15, -0.1) is 13.2 Å². The Kier molecular flexibility index (Phi) is 5.55. The highest BCUT2D eigenvalue weighted by molar-refractivity contribution is 7.92. The molecule has 152 valence electrons. The van der Waals surface area contributed by atoms with Crippen molar-refractivity contribution < 1.29 is 35.5 Å². The Morgan fingerprint density at radius 2 is 1.55 bits per heavy atom. The molecule has 7 nitrogen and oxygen atoms in total. The molecule has 3 aromatic rings. The van der Waals surface area contributed by atoms with Gasteiger partial charge in [0.15, 0.2) is 11.6 Å². The lowest BCUT2D eigenvalue weighted by Crippen LogP contribution is -2.17. The van der Waals surface area contributed by atoms with Crippen LogP contribution in [0, 0.1) is 5.82 Å². The molecule has 0 aliphatic heterocycles. The molecule has 0 bridgehead atoms. The zero-order chi connectivity index (χ0) is 21.1. The van der Waals surface area contributed by atoms with Crippen LogP contribution in [0.2, 0.25) is 0 Å². The van der Waals surface area contributed by atoms with E-state index in [0.29, 0.717) is 0 Å². The fourth-order valence-electron chi connectivity index (χ4n) is 2.08. The first-order valence-electron chi connectivity index (χ1n) is 7.75. The monoisotopic (exact) mass is 429 g/mol. The van der Waals surface area contributed by atoms with Crippen LogP contribution in [0.4, 0.5) is 23.2 Å². The largest absolute Gasteiger partial charge is 0.573 e. The van der Waals surface area contributed by atoms with Gasteiger partial charge in [-0.25, -0.2) is 22.8 Å². The van der Waals surface area contributed by atoms with E-state index >= 15 is 0 Å². The lowest BCUT2D eigenvalue weighted by Gasteiger charge is -2.11. The lowest BCUT2D eigenvalue weighted by molar-refractivity contribution is -0.274. The van der Waals surface area contributed by atoms with Gasteiger partial charge < -0.3 is 9.47 Å². The van der Waals surface area contributed by atoms with Crippen LogP contribution >= 0.6 is 0 Å². The molecule has 0 atom stereocenters. The smallest absolute Gasteiger partial charge is 0.421 e. The van der Waals surface area contributed by atoms with Crippen molar-refractivity contribution in [2.75, 3.05) is 4.72 Å². The highest BCUT2D eigenvalue weighted by atomic mass is 32.2. The number of hydrogen-bond acceptors (Lipinski definition) is 6. The van der Waals surface area contributed by atoms with E-state index in [1.165, 1.54) is 18.2 Å². The number of alkyl halides is 3. The second-order valence-corrected chi connectivity index (χ2v) is 7.09. The van der Waals surface area contributed by atoms with Crippen molar-refractivity contribution in [3.63, 3.8) is 0 Å². The highest BCUT2D eigenvalue weighted by Crippen LogP contribution is 2.25. The van der Waals surface area contributed by atoms with Crippen LogP contribution in [0.15, 0.2) is 65.8 Å².